The van der Waals surface area contributed by atoms with E-state index < -0.39 is 11.2 Å². The first kappa shape index (κ1) is 18.4. The van der Waals surface area contributed by atoms with Crippen molar-refractivity contribution in [3.8, 4) is 11.4 Å². The molecular weight excluding hydrogens is 377 g/mol. The van der Waals surface area contributed by atoms with E-state index >= 15 is 0 Å². The van der Waals surface area contributed by atoms with Crippen molar-refractivity contribution < 1.29 is 9.13 Å². The van der Waals surface area contributed by atoms with Crippen molar-refractivity contribution in [3.63, 3.8) is 0 Å². The van der Waals surface area contributed by atoms with Crippen molar-refractivity contribution in [3.05, 3.63) is 86.9 Å². The predicted octanol–water partition coefficient (Wildman–Crippen LogP) is 2.23. The van der Waals surface area contributed by atoms with Gasteiger partial charge in [0.1, 0.15) is 17.0 Å². The molecule has 0 aliphatic rings. The predicted molar refractivity (Wildman–Crippen MR) is 106 cm³/mol. The number of fused-ring (bicyclic) bond motifs is 1. The molecule has 0 aliphatic heterocycles. The first-order chi connectivity index (χ1) is 14.0. The second-order valence-electron chi connectivity index (χ2n) is 6.20. The summed E-state index contributed by atoms with van der Waals surface area (Å²) in [6.07, 6.45) is 1.35. The summed E-state index contributed by atoms with van der Waals surface area (Å²) in [5.74, 6) is 0.528. The van der Waals surface area contributed by atoms with Gasteiger partial charge in [-0.25, -0.2) is 18.7 Å². The number of nitrogens with zero attached hydrogens (tertiary/aromatic N) is 3. The molecule has 9 heteroatoms. The monoisotopic (exact) mass is 393 g/mol. The van der Waals surface area contributed by atoms with Crippen LogP contribution in [0.2, 0.25) is 0 Å². The van der Waals surface area contributed by atoms with Gasteiger partial charge < -0.3 is 10.1 Å². The number of hydrogen-bond acceptors (Lipinski definition) is 6. The fourth-order valence-corrected chi connectivity index (χ4v) is 2.84. The van der Waals surface area contributed by atoms with Crippen LogP contribution < -0.4 is 21.3 Å². The lowest BCUT2D eigenvalue weighted by molar-refractivity contribution is 0.414. The zero-order chi connectivity index (χ0) is 20.4. The number of halogens is 1. The lowest BCUT2D eigenvalue weighted by Crippen LogP contribution is -2.34. The molecule has 4 rings (SSSR count). The molecule has 0 atom stereocenters. The van der Waals surface area contributed by atoms with E-state index in [1.165, 1.54) is 25.4 Å². The van der Waals surface area contributed by atoms with Gasteiger partial charge in [-0.15, -0.1) is 0 Å². The standard InChI is InChI=1S/C20H16FN5O3/c1-29-15-8-6-14(7-9-15)26-18(27)16-11-23-19(24-17(16)25-20(26)28)22-10-12-2-4-13(21)5-3-12/h2-9,11H,10H2,1H3,(H2,22,23,24,25,28). The molecule has 4 aromatic rings. The Bertz CT molecular complexity index is 1280. The Hall–Kier alpha value is -4.01. The summed E-state index contributed by atoms with van der Waals surface area (Å²) < 4.78 is 19.1. The lowest BCUT2D eigenvalue weighted by Gasteiger charge is -2.08. The third-order valence-electron chi connectivity index (χ3n) is 4.35. The van der Waals surface area contributed by atoms with Gasteiger partial charge in [0.15, 0.2) is 5.65 Å². The Kier molecular flexibility index (Phi) is 4.78. The second kappa shape index (κ2) is 7.55. The lowest BCUT2D eigenvalue weighted by atomic mass is 10.2. The van der Waals surface area contributed by atoms with Gasteiger partial charge in [-0.1, -0.05) is 12.1 Å². The van der Waals surface area contributed by atoms with Crippen LogP contribution in [0.25, 0.3) is 16.7 Å². The Morgan fingerprint density at radius 1 is 1.10 bits per heavy atom. The summed E-state index contributed by atoms with van der Waals surface area (Å²) in [6.45, 7) is 0.360. The summed E-state index contributed by atoms with van der Waals surface area (Å²) in [7, 11) is 1.53. The van der Waals surface area contributed by atoms with E-state index in [9.17, 15) is 14.0 Å². The van der Waals surface area contributed by atoms with Crippen molar-refractivity contribution in [1.29, 1.82) is 0 Å². The topological polar surface area (TPSA) is 102 Å². The van der Waals surface area contributed by atoms with Crippen molar-refractivity contribution in [2.75, 3.05) is 12.4 Å². The Morgan fingerprint density at radius 2 is 1.83 bits per heavy atom. The summed E-state index contributed by atoms with van der Waals surface area (Å²) in [4.78, 5) is 36.2. The molecule has 0 fully saturated rings. The Morgan fingerprint density at radius 3 is 2.52 bits per heavy atom. The average molecular weight is 393 g/mol. The van der Waals surface area contributed by atoms with Gasteiger partial charge in [0.2, 0.25) is 5.95 Å². The molecule has 0 spiro atoms. The van der Waals surface area contributed by atoms with Crippen LogP contribution >= 0.6 is 0 Å². The fraction of sp³-hybridized carbons (Fsp3) is 0.100. The number of aromatic nitrogens is 4. The summed E-state index contributed by atoms with van der Waals surface area (Å²) in [5.41, 5.74) is 0.215. The number of H-pyrrole nitrogens is 1. The van der Waals surface area contributed by atoms with Crippen LogP contribution in [-0.2, 0) is 6.54 Å². The molecule has 2 aromatic heterocycles. The van der Waals surface area contributed by atoms with Crippen LogP contribution in [0.3, 0.4) is 0 Å². The third-order valence-corrected chi connectivity index (χ3v) is 4.35. The van der Waals surface area contributed by atoms with Crippen molar-refractivity contribution in [2.24, 2.45) is 0 Å². The first-order valence-electron chi connectivity index (χ1n) is 8.70. The van der Waals surface area contributed by atoms with Crippen molar-refractivity contribution in [2.45, 2.75) is 6.54 Å². The molecule has 0 amide bonds. The smallest absolute Gasteiger partial charge is 0.334 e. The quantitative estimate of drug-likeness (QED) is 0.539. The molecule has 2 aromatic carbocycles. The molecule has 0 unspecified atom stereocenters. The molecule has 2 heterocycles. The summed E-state index contributed by atoms with van der Waals surface area (Å²) in [6, 6.07) is 12.5. The van der Waals surface area contributed by atoms with Gasteiger partial charge >= 0.3 is 5.69 Å². The third kappa shape index (κ3) is 3.70. The SMILES string of the molecule is COc1ccc(-n2c(=O)[nH]c3nc(NCc4ccc(F)cc4)ncc3c2=O)cc1. The van der Waals surface area contributed by atoms with Crippen LogP contribution in [0, 0.1) is 5.82 Å². The molecule has 0 aliphatic carbocycles. The number of rotatable bonds is 5. The zero-order valence-electron chi connectivity index (χ0n) is 15.3. The van der Waals surface area contributed by atoms with Gasteiger partial charge in [-0.3, -0.25) is 9.78 Å². The highest BCUT2D eigenvalue weighted by atomic mass is 19.1. The molecule has 0 saturated heterocycles. The number of benzene rings is 2. The second-order valence-corrected chi connectivity index (χ2v) is 6.20. The normalized spacial score (nSPS) is 10.8. The van der Waals surface area contributed by atoms with E-state index in [0.717, 1.165) is 10.1 Å². The van der Waals surface area contributed by atoms with Crippen molar-refractivity contribution in [1.82, 2.24) is 19.5 Å². The van der Waals surface area contributed by atoms with E-state index in [2.05, 4.69) is 20.3 Å². The highest BCUT2D eigenvalue weighted by molar-refractivity contribution is 5.73. The number of methoxy groups -OCH3 is 1. The highest BCUT2D eigenvalue weighted by Gasteiger charge is 2.12. The van der Waals surface area contributed by atoms with E-state index in [-0.39, 0.29) is 22.8 Å². The van der Waals surface area contributed by atoms with Crippen molar-refractivity contribution >= 4 is 17.0 Å². The van der Waals surface area contributed by atoms with Gasteiger partial charge in [-0.2, -0.15) is 4.98 Å². The molecule has 0 radical (unpaired) electrons. The van der Waals surface area contributed by atoms with Crippen LogP contribution in [0.1, 0.15) is 5.56 Å². The number of ether oxygens (including phenoxy) is 1. The molecule has 146 valence electrons. The minimum atomic E-state index is -0.615. The van der Waals surface area contributed by atoms with Crippen LogP contribution in [-0.4, -0.2) is 26.6 Å². The summed E-state index contributed by atoms with van der Waals surface area (Å²) >= 11 is 0. The maximum Gasteiger partial charge on any atom is 0.334 e. The fourth-order valence-electron chi connectivity index (χ4n) is 2.84. The zero-order valence-corrected chi connectivity index (χ0v) is 15.3. The minimum absolute atomic E-state index is 0.126. The van der Waals surface area contributed by atoms with E-state index in [4.69, 9.17) is 4.74 Å². The number of hydrogen-bond donors (Lipinski definition) is 2. The maximum absolute atomic E-state index is 13.0. The first-order valence-corrected chi connectivity index (χ1v) is 8.70. The molecule has 8 nitrogen and oxygen atoms in total. The highest BCUT2D eigenvalue weighted by Crippen LogP contribution is 2.13. The van der Waals surface area contributed by atoms with E-state index in [0.29, 0.717) is 18.0 Å². The minimum Gasteiger partial charge on any atom is -0.497 e. The largest absolute Gasteiger partial charge is 0.497 e. The number of anilines is 1. The van der Waals surface area contributed by atoms with Crippen LogP contribution in [0.4, 0.5) is 10.3 Å². The Labute approximate surface area is 163 Å². The summed E-state index contributed by atoms with van der Waals surface area (Å²) in [5, 5.41) is 3.15. The Balaban J connectivity index is 1.66. The average Bonchev–Trinajstić information content (AvgIpc) is 2.73. The van der Waals surface area contributed by atoms with Gasteiger partial charge in [0, 0.05) is 12.7 Å². The molecule has 0 bridgehead atoms. The number of nitrogens with one attached hydrogen (secondary N) is 2. The van der Waals surface area contributed by atoms with Gasteiger partial charge in [0.05, 0.1) is 12.8 Å². The molecule has 2 N–H and O–H groups in total. The van der Waals surface area contributed by atoms with Crippen LogP contribution in [0.15, 0.2) is 64.3 Å². The molecular formula is C20H16FN5O3. The number of aromatic amines is 1. The maximum atomic E-state index is 13.0. The molecule has 0 saturated carbocycles. The molecule has 29 heavy (non-hydrogen) atoms. The van der Waals surface area contributed by atoms with E-state index in [1.807, 2.05) is 0 Å². The van der Waals surface area contributed by atoms with Gasteiger partial charge in [0.25, 0.3) is 5.56 Å². The van der Waals surface area contributed by atoms with Crippen LogP contribution in [0.5, 0.6) is 5.75 Å². The van der Waals surface area contributed by atoms with Gasteiger partial charge in [-0.05, 0) is 42.0 Å². The van der Waals surface area contributed by atoms with E-state index in [1.54, 1.807) is 36.4 Å².